The molecule has 12 aromatic rings. The molecule has 1 heterocycles. The lowest BCUT2D eigenvalue weighted by molar-refractivity contribution is 1.18. The summed E-state index contributed by atoms with van der Waals surface area (Å²) in [5.74, 6) is 0. The molecule has 0 spiro atoms. The molecule has 0 N–H and O–H groups in total. The predicted molar refractivity (Wildman–Crippen MR) is 288 cm³/mol. The number of anilines is 3. The van der Waals surface area contributed by atoms with E-state index in [0.717, 1.165) is 50.5 Å². The van der Waals surface area contributed by atoms with Gasteiger partial charge in [-0.3, -0.25) is 0 Å². The molecule has 0 aliphatic rings. The standard InChI is InChI=1S/C66H46N2/c1-6-22-47(23-7-1)51-38-41-58(50-28-12-4-13-29-50)65(45-51)68-63-37-21-20-36-60(63)61-42-40-54(46-66(61)68)67(53-30-14-5-15-31-53)64-43-39-52(57-34-17-16-32-55(57)48-24-8-2-9-25-48)44-62(64)59-35-19-18-33-56(59)49-26-10-3-11-27-49/h1-46H. The van der Waals surface area contributed by atoms with Crippen molar-refractivity contribution in [2.45, 2.75) is 0 Å². The first-order valence-corrected chi connectivity index (χ1v) is 23.3. The molecular weight excluding hydrogens is 821 g/mol. The average molecular weight is 867 g/mol. The van der Waals surface area contributed by atoms with Crippen LogP contribution < -0.4 is 4.90 Å². The van der Waals surface area contributed by atoms with Crippen LogP contribution in [0.15, 0.2) is 279 Å². The number of aromatic nitrogens is 1. The normalized spacial score (nSPS) is 11.2. The Bertz CT molecular complexity index is 3710. The van der Waals surface area contributed by atoms with Crippen molar-refractivity contribution in [3.05, 3.63) is 279 Å². The van der Waals surface area contributed by atoms with E-state index in [1.165, 1.54) is 60.8 Å². The van der Waals surface area contributed by atoms with Gasteiger partial charge in [0.05, 0.1) is 22.4 Å². The summed E-state index contributed by atoms with van der Waals surface area (Å²) in [5, 5.41) is 2.41. The highest BCUT2D eigenvalue weighted by atomic mass is 15.1. The first kappa shape index (κ1) is 40.5. The molecule has 11 aromatic carbocycles. The van der Waals surface area contributed by atoms with E-state index in [0.29, 0.717) is 0 Å². The Labute approximate surface area is 397 Å². The van der Waals surface area contributed by atoms with E-state index >= 15 is 0 Å². The SMILES string of the molecule is c1ccc(-c2ccc(-c3ccccc3)c(-n3c4ccccc4c4ccc(N(c5ccccc5)c5ccc(-c6ccccc6-c6ccccc6)cc5-c5ccccc5-c5ccccc5)cc43)c2)cc1. The van der Waals surface area contributed by atoms with Gasteiger partial charge in [0, 0.05) is 33.3 Å². The van der Waals surface area contributed by atoms with Crippen LogP contribution in [-0.2, 0) is 0 Å². The molecule has 0 aliphatic carbocycles. The molecule has 2 heteroatoms. The fourth-order valence-electron chi connectivity index (χ4n) is 10.1. The second-order valence-electron chi connectivity index (χ2n) is 17.2. The molecule has 12 rings (SSSR count). The molecule has 0 bridgehead atoms. The fourth-order valence-corrected chi connectivity index (χ4v) is 10.1. The summed E-state index contributed by atoms with van der Waals surface area (Å²) in [6.07, 6.45) is 0. The van der Waals surface area contributed by atoms with Gasteiger partial charge < -0.3 is 9.47 Å². The van der Waals surface area contributed by atoms with E-state index < -0.39 is 0 Å². The Morgan fingerprint density at radius 3 is 1.34 bits per heavy atom. The van der Waals surface area contributed by atoms with Crippen LogP contribution in [0.25, 0.3) is 94.3 Å². The fraction of sp³-hybridized carbons (Fsp3) is 0. The quantitative estimate of drug-likeness (QED) is 0.133. The van der Waals surface area contributed by atoms with Crippen molar-refractivity contribution in [3.63, 3.8) is 0 Å². The Morgan fingerprint density at radius 2 is 0.706 bits per heavy atom. The minimum Gasteiger partial charge on any atom is -0.310 e. The van der Waals surface area contributed by atoms with Crippen LogP contribution in [0.3, 0.4) is 0 Å². The zero-order valence-electron chi connectivity index (χ0n) is 37.5. The van der Waals surface area contributed by atoms with Crippen molar-refractivity contribution in [2.75, 3.05) is 4.90 Å². The third-order valence-corrected chi connectivity index (χ3v) is 13.2. The highest BCUT2D eigenvalue weighted by Gasteiger charge is 2.23. The summed E-state index contributed by atoms with van der Waals surface area (Å²) in [6.45, 7) is 0. The van der Waals surface area contributed by atoms with Crippen molar-refractivity contribution < 1.29 is 0 Å². The van der Waals surface area contributed by atoms with Gasteiger partial charge >= 0.3 is 0 Å². The summed E-state index contributed by atoms with van der Waals surface area (Å²) in [4.78, 5) is 2.45. The molecule has 320 valence electrons. The van der Waals surface area contributed by atoms with Gasteiger partial charge in [0.15, 0.2) is 0 Å². The first-order valence-electron chi connectivity index (χ1n) is 23.3. The van der Waals surface area contributed by atoms with Crippen LogP contribution in [0.1, 0.15) is 0 Å². The maximum atomic E-state index is 2.49. The minimum atomic E-state index is 1.06. The maximum Gasteiger partial charge on any atom is 0.0562 e. The topological polar surface area (TPSA) is 8.17 Å². The summed E-state index contributed by atoms with van der Waals surface area (Å²) < 4.78 is 2.49. The first-order chi connectivity index (χ1) is 33.8. The van der Waals surface area contributed by atoms with E-state index in [4.69, 9.17) is 0 Å². The van der Waals surface area contributed by atoms with Crippen molar-refractivity contribution >= 4 is 38.9 Å². The van der Waals surface area contributed by atoms with Crippen molar-refractivity contribution in [1.82, 2.24) is 4.57 Å². The van der Waals surface area contributed by atoms with Gasteiger partial charge in [-0.1, -0.05) is 231 Å². The number of rotatable bonds is 10. The van der Waals surface area contributed by atoms with Gasteiger partial charge in [0.1, 0.15) is 0 Å². The summed E-state index contributed by atoms with van der Waals surface area (Å²) in [7, 11) is 0. The van der Waals surface area contributed by atoms with E-state index in [9.17, 15) is 0 Å². The molecule has 0 saturated heterocycles. The Morgan fingerprint density at radius 1 is 0.235 bits per heavy atom. The molecule has 0 atom stereocenters. The number of fused-ring (bicyclic) bond motifs is 3. The van der Waals surface area contributed by atoms with Gasteiger partial charge in [-0.15, -0.1) is 0 Å². The number of nitrogens with zero attached hydrogens (tertiary/aromatic N) is 2. The average Bonchev–Trinajstić information content (AvgIpc) is 3.75. The zero-order valence-corrected chi connectivity index (χ0v) is 37.5. The monoisotopic (exact) mass is 866 g/mol. The van der Waals surface area contributed by atoms with Gasteiger partial charge in [0.25, 0.3) is 0 Å². The largest absolute Gasteiger partial charge is 0.310 e. The Kier molecular flexibility index (Phi) is 10.6. The van der Waals surface area contributed by atoms with Gasteiger partial charge in [-0.25, -0.2) is 0 Å². The third kappa shape index (κ3) is 7.45. The lowest BCUT2D eigenvalue weighted by atomic mass is 9.89. The molecule has 0 fully saturated rings. The number of hydrogen-bond donors (Lipinski definition) is 0. The molecular formula is C66H46N2. The molecule has 0 amide bonds. The van der Waals surface area contributed by atoms with Crippen molar-refractivity contribution in [1.29, 1.82) is 0 Å². The Balaban J connectivity index is 1.13. The number of benzene rings is 11. The minimum absolute atomic E-state index is 1.06. The van der Waals surface area contributed by atoms with Crippen LogP contribution >= 0.6 is 0 Å². The van der Waals surface area contributed by atoms with E-state index in [2.05, 4.69) is 289 Å². The van der Waals surface area contributed by atoms with E-state index in [1.807, 2.05) is 0 Å². The van der Waals surface area contributed by atoms with Crippen molar-refractivity contribution in [2.24, 2.45) is 0 Å². The third-order valence-electron chi connectivity index (χ3n) is 13.2. The molecule has 68 heavy (non-hydrogen) atoms. The van der Waals surface area contributed by atoms with E-state index in [1.54, 1.807) is 0 Å². The van der Waals surface area contributed by atoms with Gasteiger partial charge in [0.2, 0.25) is 0 Å². The zero-order chi connectivity index (χ0) is 45.2. The van der Waals surface area contributed by atoms with Crippen LogP contribution in [0.2, 0.25) is 0 Å². The second-order valence-corrected chi connectivity index (χ2v) is 17.2. The van der Waals surface area contributed by atoms with Crippen LogP contribution in [0.5, 0.6) is 0 Å². The molecule has 0 unspecified atom stereocenters. The maximum absolute atomic E-state index is 2.49. The highest BCUT2D eigenvalue weighted by Crippen LogP contribution is 2.48. The summed E-state index contributed by atoms with van der Waals surface area (Å²) >= 11 is 0. The van der Waals surface area contributed by atoms with Crippen LogP contribution in [0.4, 0.5) is 17.1 Å². The van der Waals surface area contributed by atoms with E-state index in [-0.39, 0.29) is 0 Å². The van der Waals surface area contributed by atoms with Gasteiger partial charge in [-0.05, 0) is 104 Å². The van der Waals surface area contributed by atoms with Crippen LogP contribution in [-0.4, -0.2) is 4.57 Å². The number of para-hydroxylation sites is 2. The van der Waals surface area contributed by atoms with Crippen molar-refractivity contribution in [3.8, 4) is 72.4 Å². The molecule has 2 nitrogen and oxygen atoms in total. The Hall–Kier alpha value is -8.98. The summed E-state index contributed by atoms with van der Waals surface area (Å²) in [5.41, 5.74) is 20.7. The highest BCUT2D eigenvalue weighted by molar-refractivity contribution is 6.11. The molecule has 0 aliphatic heterocycles. The molecule has 0 saturated carbocycles. The number of hydrogen-bond acceptors (Lipinski definition) is 1. The molecule has 0 radical (unpaired) electrons. The smallest absolute Gasteiger partial charge is 0.0562 e. The molecule has 1 aromatic heterocycles. The summed E-state index contributed by atoms with van der Waals surface area (Å²) in [6, 6.07) is 101. The second kappa shape index (κ2) is 17.8. The van der Waals surface area contributed by atoms with Crippen LogP contribution in [0, 0.1) is 0 Å². The van der Waals surface area contributed by atoms with Gasteiger partial charge in [-0.2, -0.15) is 0 Å². The predicted octanol–water partition coefficient (Wildman–Crippen LogP) is 18.3. The lowest BCUT2D eigenvalue weighted by Crippen LogP contribution is -2.11. The lowest BCUT2D eigenvalue weighted by Gasteiger charge is -2.29.